The quantitative estimate of drug-likeness (QED) is 0.537. The number of benzene rings is 2. The largest absolute Gasteiger partial charge is 0.480 e. The number of aromatic nitrogens is 1. The standard InChI is InChI=1S/C21H23N3O4S2/c1-4-18(28-19-7-5-6-14(2)15(19)3)20(25)23-16-8-10-17(11-9-16)30(26,27)24-21-22-12-13-29-21/h5-13,18H,4H2,1-3H3,(H,22,24)(H,23,25). The molecule has 158 valence electrons. The van der Waals surface area contributed by atoms with Crippen molar-refractivity contribution in [3.05, 3.63) is 65.2 Å². The number of carbonyl (C=O) groups is 1. The van der Waals surface area contributed by atoms with Crippen molar-refractivity contribution >= 4 is 38.1 Å². The molecule has 1 heterocycles. The van der Waals surface area contributed by atoms with E-state index in [4.69, 9.17) is 4.74 Å². The summed E-state index contributed by atoms with van der Waals surface area (Å²) in [5.74, 6) is 0.377. The molecule has 2 N–H and O–H groups in total. The average Bonchev–Trinajstić information content (AvgIpc) is 3.21. The molecule has 0 aliphatic heterocycles. The predicted molar refractivity (Wildman–Crippen MR) is 119 cm³/mol. The molecule has 0 aliphatic rings. The van der Waals surface area contributed by atoms with Crippen molar-refractivity contribution in [2.75, 3.05) is 10.0 Å². The Bertz CT molecular complexity index is 1110. The number of rotatable bonds is 8. The van der Waals surface area contributed by atoms with Crippen LogP contribution in [0.15, 0.2) is 58.9 Å². The van der Waals surface area contributed by atoms with Crippen molar-refractivity contribution in [2.24, 2.45) is 0 Å². The van der Waals surface area contributed by atoms with Crippen molar-refractivity contribution in [3.63, 3.8) is 0 Å². The second-order valence-electron chi connectivity index (χ2n) is 6.67. The molecule has 7 nitrogen and oxygen atoms in total. The summed E-state index contributed by atoms with van der Waals surface area (Å²) in [6.45, 7) is 5.81. The van der Waals surface area contributed by atoms with Crippen LogP contribution in [0.5, 0.6) is 5.75 Å². The summed E-state index contributed by atoms with van der Waals surface area (Å²) in [5, 5.41) is 4.76. The highest BCUT2D eigenvalue weighted by Gasteiger charge is 2.20. The molecular formula is C21H23N3O4S2. The number of ether oxygens (including phenoxy) is 1. The normalized spacial score (nSPS) is 12.2. The van der Waals surface area contributed by atoms with Crippen LogP contribution in [0.25, 0.3) is 0 Å². The summed E-state index contributed by atoms with van der Waals surface area (Å²) in [6, 6.07) is 11.7. The lowest BCUT2D eigenvalue weighted by Gasteiger charge is -2.19. The van der Waals surface area contributed by atoms with E-state index in [-0.39, 0.29) is 10.8 Å². The molecule has 0 saturated carbocycles. The van der Waals surface area contributed by atoms with Gasteiger partial charge in [0.15, 0.2) is 11.2 Å². The fourth-order valence-electron chi connectivity index (χ4n) is 2.72. The van der Waals surface area contributed by atoms with Crippen LogP contribution in [0.1, 0.15) is 24.5 Å². The monoisotopic (exact) mass is 445 g/mol. The van der Waals surface area contributed by atoms with Crippen LogP contribution < -0.4 is 14.8 Å². The molecule has 3 rings (SSSR count). The first-order chi connectivity index (χ1) is 14.3. The smallest absolute Gasteiger partial charge is 0.265 e. The van der Waals surface area contributed by atoms with Gasteiger partial charge >= 0.3 is 0 Å². The van der Waals surface area contributed by atoms with Crippen molar-refractivity contribution in [1.29, 1.82) is 0 Å². The Kier molecular flexibility index (Phi) is 6.73. The number of carbonyl (C=O) groups excluding carboxylic acids is 1. The zero-order chi connectivity index (χ0) is 21.7. The summed E-state index contributed by atoms with van der Waals surface area (Å²) < 4.78 is 33.1. The van der Waals surface area contributed by atoms with Crippen molar-refractivity contribution in [2.45, 2.75) is 38.2 Å². The number of sulfonamides is 1. The van der Waals surface area contributed by atoms with Gasteiger partial charge in [0.25, 0.3) is 15.9 Å². The van der Waals surface area contributed by atoms with Crippen LogP contribution in [0.2, 0.25) is 0 Å². The molecule has 0 saturated heterocycles. The van der Waals surface area contributed by atoms with E-state index in [0.29, 0.717) is 23.0 Å². The number of hydrogen-bond donors (Lipinski definition) is 2. The third kappa shape index (κ3) is 5.17. The number of nitrogens with zero attached hydrogens (tertiary/aromatic N) is 1. The Morgan fingerprint density at radius 3 is 2.53 bits per heavy atom. The van der Waals surface area contributed by atoms with E-state index >= 15 is 0 Å². The van der Waals surface area contributed by atoms with Crippen LogP contribution >= 0.6 is 11.3 Å². The van der Waals surface area contributed by atoms with Gasteiger partial charge in [-0.1, -0.05) is 19.1 Å². The molecule has 0 aliphatic carbocycles. The molecule has 1 unspecified atom stereocenters. The van der Waals surface area contributed by atoms with Crippen molar-refractivity contribution in [1.82, 2.24) is 4.98 Å². The summed E-state index contributed by atoms with van der Waals surface area (Å²) in [7, 11) is -3.74. The minimum Gasteiger partial charge on any atom is -0.480 e. The number of thiazole rings is 1. The Morgan fingerprint density at radius 1 is 1.17 bits per heavy atom. The first kappa shape index (κ1) is 21.8. The first-order valence-corrected chi connectivity index (χ1v) is 11.7. The van der Waals surface area contributed by atoms with Gasteiger partial charge in [0, 0.05) is 17.3 Å². The Hall–Kier alpha value is -2.91. The SMILES string of the molecule is CCC(Oc1cccc(C)c1C)C(=O)Nc1ccc(S(=O)(=O)Nc2nccs2)cc1. The molecule has 1 amide bonds. The minimum atomic E-state index is -3.74. The van der Waals surface area contributed by atoms with Gasteiger partial charge in [-0.15, -0.1) is 11.3 Å². The third-order valence-corrected chi connectivity index (χ3v) is 6.75. The molecule has 30 heavy (non-hydrogen) atoms. The first-order valence-electron chi connectivity index (χ1n) is 9.36. The van der Waals surface area contributed by atoms with Gasteiger partial charge in [-0.3, -0.25) is 9.52 Å². The summed E-state index contributed by atoms with van der Waals surface area (Å²) in [6.07, 6.45) is 1.34. The van der Waals surface area contributed by atoms with Gasteiger partial charge in [-0.25, -0.2) is 13.4 Å². The van der Waals surface area contributed by atoms with Crippen molar-refractivity contribution in [3.8, 4) is 5.75 Å². The maximum absolute atomic E-state index is 12.7. The van der Waals surface area contributed by atoms with E-state index in [1.54, 1.807) is 17.5 Å². The van der Waals surface area contributed by atoms with Gasteiger partial charge in [0.2, 0.25) is 0 Å². The van der Waals surface area contributed by atoms with Crippen LogP contribution in [-0.4, -0.2) is 25.4 Å². The van der Waals surface area contributed by atoms with E-state index in [1.165, 1.54) is 29.7 Å². The molecule has 2 aromatic carbocycles. The van der Waals surface area contributed by atoms with Gasteiger partial charge in [-0.2, -0.15) is 0 Å². The second kappa shape index (κ2) is 9.27. The highest BCUT2D eigenvalue weighted by molar-refractivity contribution is 7.93. The molecule has 0 fully saturated rings. The fraction of sp³-hybridized carbons (Fsp3) is 0.238. The molecule has 0 spiro atoms. The second-order valence-corrected chi connectivity index (χ2v) is 9.25. The maximum atomic E-state index is 12.7. The van der Waals surface area contributed by atoms with Gasteiger partial charge in [-0.05, 0) is 61.7 Å². The van der Waals surface area contributed by atoms with E-state index in [2.05, 4.69) is 15.0 Å². The van der Waals surface area contributed by atoms with Gasteiger partial charge in [0.1, 0.15) is 5.75 Å². The Morgan fingerprint density at radius 2 is 1.90 bits per heavy atom. The van der Waals surface area contributed by atoms with Crippen molar-refractivity contribution < 1.29 is 17.9 Å². The summed E-state index contributed by atoms with van der Waals surface area (Å²) in [5.41, 5.74) is 2.56. The molecule has 0 radical (unpaired) electrons. The highest BCUT2D eigenvalue weighted by Crippen LogP contribution is 2.23. The predicted octanol–water partition coefficient (Wildman–Crippen LogP) is 4.36. The van der Waals surface area contributed by atoms with E-state index in [1.807, 2.05) is 39.0 Å². The minimum absolute atomic E-state index is 0.0781. The number of nitrogens with one attached hydrogen (secondary N) is 2. The highest BCUT2D eigenvalue weighted by atomic mass is 32.2. The van der Waals surface area contributed by atoms with Crippen LogP contribution in [-0.2, 0) is 14.8 Å². The fourth-order valence-corrected chi connectivity index (χ4v) is 4.50. The number of anilines is 2. The summed E-state index contributed by atoms with van der Waals surface area (Å²) in [4.78, 5) is 16.7. The molecular weight excluding hydrogens is 422 g/mol. The molecule has 0 bridgehead atoms. The Labute approximate surface area is 180 Å². The van der Waals surface area contributed by atoms with Crippen LogP contribution in [0.3, 0.4) is 0 Å². The number of aryl methyl sites for hydroxylation is 1. The average molecular weight is 446 g/mol. The van der Waals surface area contributed by atoms with E-state index in [0.717, 1.165) is 11.1 Å². The summed E-state index contributed by atoms with van der Waals surface area (Å²) >= 11 is 1.19. The Balaban J connectivity index is 1.67. The zero-order valence-corrected chi connectivity index (χ0v) is 18.5. The lowest BCUT2D eigenvalue weighted by Crippen LogP contribution is -2.32. The maximum Gasteiger partial charge on any atom is 0.265 e. The topological polar surface area (TPSA) is 97.4 Å². The number of hydrogen-bond acceptors (Lipinski definition) is 6. The van der Waals surface area contributed by atoms with Gasteiger partial charge < -0.3 is 10.1 Å². The van der Waals surface area contributed by atoms with E-state index < -0.39 is 16.1 Å². The van der Waals surface area contributed by atoms with E-state index in [9.17, 15) is 13.2 Å². The molecule has 9 heteroatoms. The molecule has 3 aromatic rings. The van der Waals surface area contributed by atoms with Gasteiger partial charge in [0.05, 0.1) is 4.90 Å². The van der Waals surface area contributed by atoms with Crippen LogP contribution in [0, 0.1) is 13.8 Å². The third-order valence-electron chi connectivity index (χ3n) is 4.57. The lowest BCUT2D eigenvalue weighted by molar-refractivity contribution is -0.122. The zero-order valence-electron chi connectivity index (χ0n) is 16.9. The number of amides is 1. The molecule has 1 atom stereocenters. The van der Waals surface area contributed by atoms with Crippen LogP contribution in [0.4, 0.5) is 10.8 Å². The lowest BCUT2D eigenvalue weighted by atomic mass is 10.1. The molecule has 1 aromatic heterocycles.